The molecule has 0 aromatic heterocycles. The molecular weight excluding hydrogens is 164 g/mol. The van der Waals surface area contributed by atoms with Gasteiger partial charge in [-0.05, 0) is 41.9 Å². The third-order valence-corrected chi connectivity index (χ3v) is 6.07. The minimum absolute atomic E-state index is 0.0913. The molecule has 2 bridgehead atoms. The van der Waals surface area contributed by atoms with Crippen molar-refractivity contribution in [1.29, 1.82) is 0 Å². The number of rotatable bonds is 0. The maximum absolute atomic E-state index is 11.9. The van der Waals surface area contributed by atoms with Gasteiger partial charge in [0, 0.05) is 11.8 Å². The molecule has 0 heterocycles. The molecule has 13 heavy (non-hydrogen) atoms. The summed E-state index contributed by atoms with van der Waals surface area (Å²) in [6.45, 7) is 0. The molecule has 2 nitrogen and oxygen atoms in total. The van der Waals surface area contributed by atoms with Crippen molar-refractivity contribution in [3.05, 3.63) is 0 Å². The van der Waals surface area contributed by atoms with E-state index in [1.165, 1.54) is 6.42 Å². The summed E-state index contributed by atoms with van der Waals surface area (Å²) in [7, 11) is 0. The molecule has 0 amide bonds. The van der Waals surface area contributed by atoms with Crippen LogP contribution in [0.3, 0.4) is 0 Å². The molecule has 0 radical (unpaired) electrons. The summed E-state index contributed by atoms with van der Waals surface area (Å²) in [5.74, 6) is 4.97. The average Bonchev–Trinajstić information content (AvgIpc) is 2.52. The molecule has 0 unspecified atom stereocenters. The second-order valence-corrected chi connectivity index (χ2v) is 5.82. The Morgan fingerprint density at radius 1 is 1.00 bits per heavy atom. The predicted octanol–water partition coefficient (Wildman–Crippen LogP) is 0.304. The number of carbonyl (C=O) groups is 1. The quantitative estimate of drug-likeness (QED) is 0.576. The van der Waals surface area contributed by atoms with Gasteiger partial charge < -0.3 is 5.11 Å². The zero-order valence-corrected chi connectivity index (χ0v) is 7.26. The summed E-state index contributed by atoms with van der Waals surface area (Å²) < 4.78 is 0. The van der Waals surface area contributed by atoms with Gasteiger partial charge in [-0.2, -0.15) is 0 Å². The van der Waals surface area contributed by atoms with Crippen LogP contribution in [-0.4, -0.2) is 17.0 Å². The van der Waals surface area contributed by atoms with E-state index in [0.29, 0.717) is 35.4 Å². The molecule has 0 saturated heterocycles. The van der Waals surface area contributed by atoms with Gasteiger partial charge >= 0.3 is 0 Å². The van der Waals surface area contributed by atoms with E-state index in [9.17, 15) is 9.90 Å². The van der Waals surface area contributed by atoms with Crippen LogP contribution >= 0.6 is 0 Å². The number of carbonyl (C=O) groups excluding carboxylic acids is 1. The van der Waals surface area contributed by atoms with Gasteiger partial charge in [-0.1, -0.05) is 0 Å². The summed E-state index contributed by atoms with van der Waals surface area (Å²) >= 11 is 0. The fraction of sp³-hybridized carbons (Fsp3) is 0.909. The van der Waals surface area contributed by atoms with Crippen LogP contribution in [0.15, 0.2) is 0 Å². The molecule has 2 heteroatoms. The molecule has 1 N–H and O–H groups in total. The molecule has 0 aliphatic heterocycles. The number of Topliss-reactive ketones (excluding diaryl/α,β-unsaturated/α-hetero) is 1. The smallest absolute Gasteiger partial charge is 0.140 e. The highest BCUT2D eigenvalue weighted by Gasteiger charge is 2.83. The van der Waals surface area contributed by atoms with Gasteiger partial charge in [0.25, 0.3) is 0 Å². The van der Waals surface area contributed by atoms with Gasteiger partial charge in [0.2, 0.25) is 0 Å². The van der Waals surface area contributed by atoms with E-state index >= 15 is 0 Å². The molecule has 0 aromatic rings. The van der Waals surface area contributed by atoms with E-state index in [0.717, 1.165) is 17.8 Å². The molecular formula is C11H12O2. The third kappa shape index (κ3) is 0.349. The fourth-order valence-electron chi connectivity index (χ4n) is 6.11. The first kappa shape index (κ1) is 6.18. The first-order valence-electron chi connectivity index (χ1n) is 5.52. The molecule has 5 aliphatic rings. The third-order valence-electron chi connectivity index (χ3n) is 6.07. The highest BCUT2D eigenvalue weighted by Crippen LogP contribution is 2.81. The number of aliphatic hydroxyl groups is 1. The van der Waals surface area contributed by atoms with Crippen LogP contribution in [0.25, 0.3) is 0 Å². The first-order valence-corrected chi connectivity index (χ1v) is 5.52. The van der Waals surface area contributed by atoms with Crippen LogP contribution in [0.5, 0.6) is 0 Å². The average molecular weight is 176 g/mol. The van der Waals surface area contributed by atoms with Crippen LogP contribution in [0.2, 0.25) is 0 Å². The van der Waals surface area contributed by atoms with Crippen LogP contribution in [0, 0.1) is 47.3 Å². The topological polar surface area (TPSA) is 37.3 Å². The van der Waals surface area contributed by atoms with E-state index in [-0.39, 0.29) is 6.10 Å². The molecule has 0 spiro atoms. The second kappa shape index (κ2) is 1.40. The van der Waals surface area contributed by atoms with Crippen LogP contribution in [-0.2, 0) is 4.79 Å². The Kier molecular flexibility index (Phi) is 0.666. The number of hydrogen-bond donors (Lipinski definition) is 1. The minimum atomic E-state index is -0.0913. The largest absolute Gasteiger partial charge is 0.392 e. The molecule has 5 fully saturated rings. The highest BCUT2D eigenvalue weighted by molar-refractivity contribution is 5.91. The molecule has 0 aromatic carbocycles. The second-order valence-electron chi connectivity index (χ2n) is 5.82. The van der Waals surface area contributed by atoms with Crippen molar-refractivity contribution < 1.29 is 9.90 Å². The zero-order chi connectivity index (χ0) is 8.48. The van der Waals surface area contributed by atoms with E-state index in [4.69, 9.17) is 0 Å². The first-order chi connectivity index (χ1) is 6.30. The lowest BCUT2D eigenvalue weighted by molar-refractivity contribution is -0.141. The van der Waals surface area contributed by atoms with Crippen molar-refractivity contribution in [3.8, 4) is 0 Å². The molecule has 68 valence electrons. The summed E-state index contributed by atoms with van der Waals surface area (Å²) in [6.07, 6.45) is 1.19. The van der Waals surface area contributed by atoms with Crippen LogP contribution < -0.4 is 0 Å². The monoisotopic (exact) mass is 176 g/mol. The van der Waals surface area contributed by atoms with Crippen molar-refractivity contribution in [2.75, 3.05) is 0 Å². The molecule has 5 rings (SSSR count). The number of fused-ring (bicyclic) bond motifs is 2. The standard InChI is InChI=1S/C11H12O2/c12-10-6-2-1-3-5-4(2)8(10)9(5)11(13)7(3)6/h2-10,12H,1H2/t2-,3+,4+,5+,6+,7-,8+,9+,10+/m1/s1. The van der Waals surface area contributed by atoms with Crippen molar-refractivity contribution in [3.63, 3.8) is 0 Å². The minimum Gasteiger partial charge on any atom is -0.392 e. The number of aliphatic hydroxyl groups excluding tert-OH is 1. The van der Waals surface area contributed by atoms with E-state index in [2.05, 4.69) is 0 Å². The SMILES string of the molecule is O=C1[C@@H]2[C@H]3[C@@H](O)[C@H]4[C@@H]5C[C@H]([C@@H]14)[C@H]2[C@H]53. The molecule has 9 atom stereocenters. The summed E-state index contributed by atoms with van der Waals surface area (Å²) in [4.78, 5) is 11.9. The maximum atomic E-state index is 11.9. The summed E-state index contributed by atoms with van der Waals surface area (Å²) in [5, 5.41) is 10.1. The Balaban J connectivity index is 1.87. The lowest BCUT2D eigenvalue weighted by Gasteiger charge is -2.45. The van der Waals surface area contributed by atoms with Crippen molar-refractivity contribution in [2.24, 2.45) is 47.3 Å². The van der Waals surface area contributed by atoms with Gasteiger partial charge in [0.1, 0.15) is 5.78 Å². The Bertz CT molecular complexity index is 350. The van der Waals surface area contributed by atoms with Gasteiger partial charge in [-0.15, -0.1) is 0 Å². The predicted molar refractivity (Wildman–Crippen MR) is 43.6 cm³/mol. The van der Waals surface area contributed by atoms with Crippen molar-refractivity contribution in [2.45, 2.75) is 12.5 Å². The van der Waals surface area contributed by atoms with E-state index < -0.39 is 0 Å². The van der Waals surface area contributed by atoms with Gasteiger partial charge in [0.05, 0.1) is 6.10 Å². The Labute approximate surface area is 76.3 Å². The van der Waals surface area contributed by atoms with Gasteiger partial charge in [-0.25, -0.2) is 0 Å². The zero-order valence-electron chi connectivity index (χ0n) is 7.26. The van der Waals surface area contributed by atoms with E-state index in [1.807, 2.05) is 0 Å². The van der Waals surface area contributed by atoms with Crippen molar-refractivity contribution in [1.82, 2.24) is 0 Å². The molecule has 5 saturated carbocycles. The normalized spacial score (nSPS) is 79.8. The van der Waals surface area contributed by atoms with Gasteiger partial charge in [0.15, 0.2) is 0 Å². The van der Waals surface area contributed by atoms with Gasteiger partial charge in [-0.3, -0.25) is 4.79 Å². The maximum Gasteiger partial charge on any atom is 0.140 e. The Morgan fingerprint density at radius 3 is 2.69 bits per heavy atom. The Hall–Kier alpha value is -0.370. The lowest BCUT2D eigenvalue weighted by atomic mass is 9.59. The number of hydrogen-bond acceptors (Lipinski definition) is 2. The molecule has 5 aliphatic carbocycles. The number of ketones is 1. The van der Waals surface area contributed by atoms with Crippen LogP contribution in [0.4, 0.5) is 0 Å². The Morgan fingerprint density at radius 2 is 1.85 bits per heavy atom. The fourth-order valence-corrected chi connectivity index (χ4v) is 6.11. The summed E-state index contributed by atoms with van der Waals surface area (Å²) in [6, 6.07) is 0. The van der Waals surface area contributed by atoms with E-state index in [1.54, 1.807) is 0 Å². The lowest BCUT2D eigenvalue weighted by Crippen LogP contribution is -2.49. The summed E-state index contributed by atoms with van der Waals surface area (Å²) in [5.41, 5.74) is 0. The highest BCUT2D eigenvalue weighted by atomic mass is 16.3. The van der Waals surface area contributed by atoms with Crippen LogP contribution in [0.1, 0.15) is 6.42 Å². The van der Waals surface area contributed by atoms with Crippen molar-refractivity contribution >= 4 is 5.78 Å².